The zero-order valence-corrected chi connectivity index (χ0v) is 6.90. The summed E-state index contributed by atoms with van der Waals surface area (Å²) in [4.78, 5) is 3.99. The molecular formula is C6H12N4O. The Kier molecular flexibility index (Phi) is 2.09. The molecule has 5 heteroatoms. The molecule has 0 bridgehead atoms. The smallest absolute Gasteiger partial charge is 0.239 e. The Morgan fingerprint density at radius 2 is 2.27 bits per heavy atom. The van der Waals surface area contributed by atoms with Crippen molar-refractivity contribution in [3.63, 3.8) is 0 Å². The molecule has 0 aromatic carbocycles. The third-order valence-electron chi connectivity index (χ3n) is 1.53. The first kappa shape index (κ1) is 8.00. The number of aryl methyl sites for hydroxylation is 1. The van der Waals surface area contributed by atoms with Crippen molar-refractivity contribution in [1.82, 2.24) is 14.8 Å². The van der Waals surface area contributed by atoms with Crippen molar-refractivity contribution >= 4 is 5.95 Å². The van der Waals surface area contributed by atoms with Crippen molar-refractivity contribution in [2.24, 2.45) is 7.05 Å². The van der Waals surface area contributed by atoms with Crippen molar-refractivity contribution in [2.45, 2.75) is 13.0 Å². The molecule has 0 spiro atoms. The number of methoxy groups -OCH3 is 1. The SMILES string of the molecule is COC(C)c1nc(N)nn1C. The summed E-state index contributed by atoms with van der Waals surface area (Å²) < 4.78 is 6.67. The van der Waals surface area contributed by atoms with E-state index in [1.165, 1.54) is 0 Å². The van der Waals surface area contributed by atoms with Crippen LogP contribution in [0.1, 0.15) is 18.9 Å². The predicted molar refractivity (Wildman–Crippen MR) is 40.8 cm³/mol. The summed E-state index contributed by atoms with van der Waals surface area (Å²) in [6.45, 7) is 1.89. The van der Waals surface area contributed by atoms with Gasteiger partial charge in [0.1, 0.15) is 6.10 Å². The molecule has 0 saturated heterocycles. The summed E-state index contributed by atoms with van der Waals surface area (Å²) in [6.07, 6.45) is -0.0650. The lowest BCUT2D eigenvalue weighted by atomic mass is 10.4. The minimum absolute atomic E-state index is 0.0650. The number of nitrogen functional groups attached to an aromatic ring is 1. The summed E-state index contributed by atoms with van der Waals surface area (Å²) in [6, 6.07) is 0. The van der Waals surface area contributed by atoms with Crippen LogP contribution >= 0.6 is 0 Å². The highest BCUT2D eigenvalue weighted by atomic mass is 16.5. The van der Waals surface area contributed by atoms with Crippen molar-refractivity contribution in [2.75, 3.05) is 12.8 Å². The van der Waals surface area contributed by atoms with E-state index in [1.807, 2.05) is 6.92 Å². The first-order valence-corrected chi connectivity index (χ1v) is 3.34. The van der Waals surface area contributed by atoms with E-state index in [2.05, 4.69) is 10.1 Å². The van der Waals surface area contributed by atoms with E-state index < -0.39 is 0 Å². The van der Waals surface area contributed by atoms with Gasteiger partial charge in [-0.1, -0.05) is 0 Å². The lowest BCUT2D eigenvalue weighted by Crippen LogP contribution is -2.05. The molecule has 1 rings (SSSR count). The second kappa shape index (κ2) is 2.87. The van der Waals surface area contributed by atoms with Gasteiger partial charge in [0.15, 0.2) is 5.82 Å². The summed E-state index contributed by atoms with van der Waals surface area (Å²) in [5, 5.41) is 3.88. The fourth-order valence-corrected chi connectivity index (χ4v) is 0.876. The highest BCUT2D eigenvalue weighted by molar-refractivity contribution is 5.14. The molecule has 0 amide bonds. The standard InChI is InChI=1S/C6H12N4O/c1-4(11-3)5-8-6(7)9-10(5)2/h4H,1-3H3,(H2,7,9). The Balaban J connectivity index is 2.93. The highest BCUT2D eigenvalue weighted by Crippen LogP contribution is 2.12. The number of hydrogen-bond acceptors (Lipinski definition) is 4. The van der Waals surface area contributed by atoms with Gasteiger partial charge in [-0.2, -0.15) is 4.98 Å². The fourth-order valence-electron chi connectivity index (χ4n) is 0.876. The third-order valence-corrected chi connectivity index (χ3v) is 1.53. The van der Waals surface area contributed by atoms with Gasteiger partial charge in [0.25, 0.3) is 0 Å². The number of nitrogens with zero attached hydrogens (tertiary/aromatic N) is 3. The van der Waals surface area contributed by atoms with Gasteiger partial charge in [0.05, 0.1) is 0 Å². The second-order valence-corrected chi connectivity index (χ2v) is 2.33. The molecule has 0 aliphatic rings. The zero-order chi connectivity index (χ0) is 8.43. The number of anilines is 1. The van der Waals surface area contributed by atoms with Crippen LogP contribution in [0.4, 0.5) is 5.95 Å². The molecule has 2 N–H and O–H groups in total. The predicted octanol–water partition coefficient (Wildman–Crippen LogP) is 0.105. The van der Waals surface area contributed by atoms with Gasteiger partial charge in [-0.15, -0.1) is 5.10 Å². The van der Waals surface area contributed by atoms with Crippen molar-refractivity contribution < 1.29 is 4.74 Å². The van der Waals surface area contributed by atoms with Gasteiger partial charge < -0.3 is 10.5 Å². The number of nitrogens with two attached hydrogens (primary N) is 1. The molecule has 1 atom stereocenters. The minimum Gasteiger partial charge on any atom is -0.374 e. The lowest BCUT2D eigenvalue weighted by molar-refractivity contribution is 0.109. The lowest BCUT2D eigenvalue weighted by Gasteiger charge is -2.06. The van der Waals surface area contributed by atoms with Gasteiger partial charge in [-0.05, 0) is 6.92 Å². The van der Waals surface area contributed by atoms with E-state index in [9.17, 15) is 0 Å². The molecule has 0 aliphatic heterocycles. The van der Waals surface area contributed by atoms with Crippen LogP contribution in [0.5, 0.6) is 0 Å². The quantitative estimate of drug-likeness (QED) is 0.659. The van der Waals surface area contributed by atoms with E-state index >= 15 is 0 Å². The van der Waals surface area contributed by atoms with Crippen LogP contribution in [0, 0.1) is 0 Å². The van der Waals surface area contributed by atoms with E-state index in [0.29, 0.717) is 0 Å². The summed E-state index contributed by atoms with van der Waals surface area (Å²) in [7, 11) is 3.41. The molecule has 11 heavy (non-hydrogen) atoms. The normalized spacial score (nSPS) is 13.4. The molecule has 5 nitrogen and oxygen atoms in total. The molecule has 1 unspecified atom stereocenters. The minimum atomic E-state index is -0.0650. The van der Waals surface area contributed by atoms with Gasteiger partial charge >= 0.3 is 0 Å². The van der Waals surface area contributed by atoms with Crippen molar-refractivity contribution in [3.8, 4) is 0 Å². The van der Waals surface area contributed by atoms with E-state index in [4.69, 9.17) is 10.5 Å². The highest BCUT2D eigenvalue weighted by Gasteiger charge is 2.11. The maximum absolute atomic E-state index is 5.37. The topological polar surface area (TPSA) is 66.0 Å². The molecule has 62 valence electrons. The molecule has 1 aromatic rings. The number of hydrogen-bond donors (Lipinski definition) is 1. The molecule has 0 radical (unpaired) electrons. The maximum Gasteiger partial charge on any atom is 0.239 e. The Morgan fingerprint density at radius 1 is 1.64 bits per heavy atom. The molecule has 0 aliphatic carbocycles. The van der Waals surface area contributed by atoms with E-state index in [0.717, 1.165) is 5.82 Å². The Morgan fingerprint density at radius 3 is 2.64 bits per heavy atom. The summed E-state index contributed by atoms with van der Waals surface area (Å²) in [5.74, 6) is 1.02. The molecule has 1 heterocycles. The van der Waals surface area contributed by atoms with E-state index in [1.54, 1.807) is 18.8 Å². The molecular weight excluding hydrogens is 144 g/mol. The first-order valence-electron chi connectivity index (χ1n) is 3.34. The van der Waals surface area contributed by atoms with Crippen LogP contribution in [-0.4, -0.2) is 21.9 Å². The molecule has 0 fully saturated rings. The third kappa shape index (κ3) is 1.48. The van der Waals surface area contributed by atoms with Crippen LogP contribution in [0.25, 0.3) is 0 Å². The average molecular weight is 156 g/mol. The van der Waals surface area contributed by atoms with Gasteiger partial charge in [-0.25, -0.2) is 4.68 Å². The van der Waals surface area contributed by atoms with Gasteiger partial charge in [-0.3, -0.25) is 0 Å². The fraction of sp³-hybridized carbons (Fsp3) is 0.667. The van der Waals surface area contributed by atoms with Gasteiger partial charge in [0, 0.05) is 14.2 Å². The number of aromatic nitrogens is 3. The van der Waals surface area contributed by atoms with Crippen LogP contribution < -0.4 is 5.73 Å². The average Bonchev–Trinajstić information content (AvgIpc) is 2.28. The molecule has 1 aromatic heterocycles. The van der Waals surface area contributed by atoms with Crippen molar-refractivity contribution in [3.05, 3.63) is 5.82 Å². The van der Waals surface area contributed by atoms with Crippen LogP contribution in [0.3, 0.4) is 0 Å². The van der Waals surface area contributed by atoms with Crippen LogP contribution in [0.2, 0.25) is 0 Å². The largest absolute Gasteiger partial charge is 0.374 e. The van der Waals surface area contributed by atoms with Gasteiger partial charge in [0.2, 0.25) is 5.95 Å². The van der Waals surface area contributed by atoms with E-state index in [-0.39, 0.29) is 12.1 Å². The first-order chi connectivity index (χ1) is 5.15. The maximum atomic E-state index is 5.37. The molecule has 0 saturated carbocycles. The van der Waals surface area contributed by atoms with Crippen LogP contribution in [0.15, 0.2) is 0 Å². The Hall–Kier alpha value is -1.10. The number of rotatable bonds is 2. The second-order valence-electron chi connectivity index (χ2n) is 2.33. The zero-order valence-electron chi connectivity index (χ0n) is 6.90. The number of ether oxygens (including phenoxy) is 1. The van der Waals surface area contributed by atoms with Crippen molar-refractivity contribution in [1.29, 1.82) is 0 Å². The Bertz CT molecular complexity index is 245. The summed E-state index contributed by atoms with van der Waals surface area (Å²) in [5.41, 5.74) is 5.37. The monoisotopic (exact) mass is 156 g/mol. The Labute approximate surface area is 65.2 Å². The van der Waals surface area contributed by atoms with Crippen LogP contribution in [-0.2, 0) is 11.8 Å². The summed E-state index contributed by atoms with van der Waals surface area (Å²) >= 11 is 0.